The lowest BCUT2D eigenvalue weighted by molar-refractivity contribution is 0.0771. The molecule has 0 radical (unpaired) electrons. The number of benzene rings is 2. The van der Waals surface area contributed by atoms with Crippen LogP contribution in [0.3, 0.4) is 0 Å². The Balaban J connectivity index is 1.79. The maximum atomic E-state index is 13.3. The minimum absolute atomic E-state index is 0.0865. The van der Waals surface area contributed by atoms with Crippen LogP contribution in [0.4, 0.5) is 0 Å². The first-order valence-corrected chi connectivity index (χ1v) is 10.0. The standard InChI is InChI=1S/C23H22ClNO4/c1-13(2)9-10-28-16-6-4-5-14(11-16)20-19-21(26)17-12-15(24)7-8-18(17)29-22(19)23(27)25(20)3/h4-8,11-13,20H,9-10H2,1-3H3. The normalized spacial score (nSPS) is 16.0. The van der Waals surface area contributed by atoms with Crippen molar-refractivity contribution in [3.05, 3.63) is 74.6 Å². The predicted molar refractivity (Wildman–Crippen MR) is 113 cm³/mol. The maximum absolute atomic E-state index is 13.3. The predicted octanol–water partition coefficient (Wildman–Crippen LogP) is 5.05. The summed E-state index contributed by atoms with van der Waals surface area (Å²) in [6, 6.07) is 11.8. The first-order valence-electron chi connectivity index (χ1n) is 9.63. The van der Waals surface area contributed by atoms with E-state index in [0.29, 0.717) is 39.8 Å². The Hall–Kier alpha value is -2.79. The van der Waals surface area contributed by atoms with Crippen molar-refractivity contribution >= 4 is 28.5 Å². The zero-order valence-corrected chi connectivity index (χ0v) is 17.3. The van der Waals surface area contributed by atoms with Gasteiger partial charge in [-0.15, -0.1) is 0 Å². The summed E-state index contributed by atoms with van der Waals surface area (Å²) in [5.41, 5.74) is 1.26. The molecule has 3 aromatic rings. The van der Waals surface area contributed by atoms with E-state index in [0.717, 1.165) is 12.0 Å². The highest BCUT2D eigenvalue weighted by molar-refractivity contribution is 6.31. The number of halogens is 1. The number of carbonyl (C=O) groups excluding carboxylic acids is 1. The molecule has 0 aliphatic carbocycles. The van der Waals surface area contributed by atoms with E-state index in [1.807, 2.05) is 24.3 Å². The van der Waals surface area contributed by atoms with E-state index >= 15 is 0 Å². The third-order valence-corrected chi connectivity index (χ3v) is 5.44. The Morgan fingerprint density at radius 3 is 2.72 bits per heavy atom. The zero-order chi connectivity index (χ0) is 20.7. The number of hydrogen-bond acceptors (Lipinski definition) is 4. The van der Waals surface area contributed by atoms with Gasteiger partial charge in [-0.05, 0) is 48.2 Å². The number of carbonyl (C=O) groups is 1. The van der Waals surface area contributed by atoms with Crippen molar-refractivity contribution in [3.8, 4) is 5.75 Å². The number of amides is 1. The van der Waals surface area contributed by atoms with Gasteiger partial charge in [-0.1, -0.05) is 37.6 Å². The van der Waals surface area contributed by atoms with Crippen LogP contribution < -0.4 is 10.2 Å². The van der Waals surface area contributed by atoms with E-state index in [9.17, 15) is 9.59 Å². The van der Waals surface area contributed by atoms with E-state index in [-0.39, 0.29) is 17.1 Å². The molecule has 0 bridgehead atoms. The van der Waals surface area contributed by atoms with Crippen molar-refractivity contribution in [2.24, 2.45) is 5.92 Å². The molecule has 1 aromatic heterocycles. The van der Waals surface area contributed by atoms with Gasteiger partial charge in [-0.2, -0.15) is 0 Å². The second-order valence-corrected chi connectivity index (χ2v) is 8.17. The highest BCUT2D eigenvalue weighted by atomic mass is 35.5. The highest BCUT2D eigenvalue weighted by Crippen LogP contribution is 2.38. The molecular weight excluding hydrogens is 390 g/mol. The van der Waals surface area contributed by atoms with Gasteiger partial charge in [0.25, 0.3) is 5.91 Å². The van der Waals surface area contributed by atoms with Crippen molar-refractivity contribution in [2.45, 2.75) is 26.3 Å². The zero-order valence-electron chi connectivity index (χ0n) is 16.6. The molecule has 1 aliphatic heterocycles. The van der Waals surface area contributed by atoms with Crippen molar-refractivity contribution in [1.82, 2.24) is 4.90 Å². The SMILES string of the molecule is CC(C)CCOc1cccc(C2c3c(oc4ccc(Cl)cc4c3=O)C(=O)N2C)c1. The first-order chi connectivity index (χ1) is 13.9. The smallest absolute Gasteiger partial charge is 0.290 e. The lowest BCUT2D eigenvalue weighted by Gasteiger charge is -2.21. The van der Waals surface area contributed by atoms with Gasteiger partial charge < -0.3 is 14.1 Å². The monoisotopic (exact) mass is 411 g/mol. The molecule has 1 amide bonds. The van der Waals surface area contributed by atoms with Crippen LogP contribution in [0.1, 0.15) is 48.0 Å². The molecule has 4 rings (SSSR count). The third kappa shape index (κ3) is 3.51. The number of rotatable bonds is 5. The number of hydrogen-bond donors (Lipinski definition) is 0. The highest BCUT2D eigenvalue weighted by Gasteiger charge is 2.40. The van der Waals surface area contributed by atoms with Gasteiger partial charge in [0.15, 0.2) is 5.43 Å². The van der Waals surface area contributed by atoms with Crippen molar-refractivity contribution in [3.63, 3.8) is 0 Å². The second-order valence-electron chi connectivity index (χ2n) is 7.74. The number of nitrogens with zero attached hydrogens (tertiary/aromatic N) is 1. The fraction of sp³-hybridized carbons (Fsp3) is 0.304. The van der Waals surface area contributed by atoms with Crippen LogP contribution in [-0.2, 0) is 0 Å². The van der Waals surface area contributed by atoms with Crippen LogP contribution in [0.2, 0.25) is 5.02 Å². The number of ether oxygens (including phenoxy) is 1. The second kappa shape index (κ2) is 7.56. The molecule has 1 unspecified atom stereocenters. The molecule has 2 aromatic carbocycles. The average Bonchev–Trinajstić information content (AvgIpc) is 2.94. The van der Waals surface area contributed by atoms with Gasteiger partial charge in [-0.3, -0.25) is 9.59 Å². The Kier molecular flexibility index (Phi) is 5.09. The van der Waals surface area contributed by atoms with E-state index in [4.69, 9.17) is 20.8 Å². The summed E-state index contributed by atoms with van der Waals surface area (Å²) in [4.78, 5) is 27.6. The molecule has 1 aliphatic rings. The van der Waals surface area contributed by atoms with Gasteiger partial charge >= 0.3 is 0 Å². The van der Waals surface area contributed by atoms with Crippen molar-refractivity contribution < 1.29 is 13.9 Å². The van der Waals surface area contributed by atoms with E-state index in [1.54, 1.807) is 25.2 Å². The van der Waals surface area contributed by atoms with Crippen LogP contribution >= 0.6 is 11.6 Å². The lowest BCUT2D eigenvalue weighted by atomic mass is 9.98. The van der Waals surface area contributed by atoms with E-state index in [1.165, 1.54) is 4.90 Å². The summed E-state index contributed by atoms with van der Waals surface area (Å²) in [5.74, 6) is 1.03. The van der Waals surface area contributed by atoms with Crippen LogP contribution in [0.25, 0.3) is 11.0 Å². The fourth-order valence-corrected chi connectivity index (χ4v) is 3.81. The first kappa shape index (κ1) is 19.5. The summed E-state index contributed by atoms with van der Waals surface area (Å²) in [6.45, 7) is 4.90. The Bertz CT molecular complexity index is 1150. The largest absolute Gasteiger partial charge is 0.494 e. The molecule has 150 valence electrons. The summed E-state index contributed by atoms with van der Waals surface area (Å²) in [7, 11) is 1.67. The minimum atomic E-state index is -0.536. The molecular formula is C23H22ClNO4. The average molecular weight is 412 g/mol. The van der Waals surface area contributed by atoms with Crippen LogP contribution in [0.15, 0.2) is 51.7 Å². The molecule has 0 saturated carbocycles. The van der Waals surface area contributed by atoms with Gasteiger partial charge in [-0.25, -0.2) is 0 Å². The van der Waals surface area contributed by atoms with Crippen LogP contribution in [0.5, 0.6) is 5.75 Å². The summed E-state index contributed by atoms with van der Waals surface area (Å²) < 4.78 is 11.7. The fourth-order valence-electron chi connectivity index (χ4n) is 3.64. The Morgan fingerprint density at radius 2 is 1.97 bits per heavy atom. The quantitative estimate of drug-likeness (QED) is 0.589. The summed E-state index contributed by atoms with van der Waals surface area (Å²) in [5, 5.41) is 0.813. The molecule has 0 N–H and O–H groups in total. The molecule has 29 heavy (non-hydrogen) atoms. The van der Waals surface area contributed by atoms with Gasteiger partial charge in [0.2, 0.25) is 5.76 Å². The van der Waals surface area contributed by atoms with Crippen LogP contribution in [-0.4, -0.2) is 24.5 Å². The van der Waals surface area contributed by atoms with Gasteiger partial charge in [0.1, 0.15) is 11.3 Å². The summed E-state index contributed by atoms with van der Waals surface area (Å²) in [6.07, 6.45) is 0.950. The van der Waals surface area contributed by atoms with E-state index in [2.05, 4.69) is 13.8 Å². The molecule has 5 nitrogen and oxygen atoms in total. The Labute approximate surface area is 173 Å². The number of fused-ring (bicyclic) bond motifs is 2. The lowest BCUT2D eigenvalue weighted by Crippen LogP contribution is -2.25. The van der Waals surface area contributed by atoms with E-state index < -0.39 is 6.04 Å². The molecule has 0 spiro atoms. The third-order valence-electron chi connectivity index (χ3n) is 5.20. The van der Waals surface area contributed by atoms with Gasteiger partial charge in [0, 0.05) is 12.1 Å². The topological polar surface area (TPSA) is 59.8 Å². The summed E-state index contributed by atoms with van der Waals surface area (Å²) >= 11 is 6.07. The molecule has 6 heteroatoms. The van der Waals surface area contributed by atoms with Crippen molar-refractivity contribution in [2.75, 3.05) is 13.7 Å². The Morgan fingerprint density at radius 1 is 1.17 bits per heavy atom. The molecule has 0 saturated heterocycles. The molecule has 1 atom stereocenters. The van der Waals surface area contributed by atoms with Crippen molar-refractivity contribution in [1.29, 1.82) is 0 Å². The minimum Gasteiger partial charge on any atom is -0.494 e. The van der Waals surface area contributed by atoms with Gasteiger partial charge in [0.05, 0.1) is 23.6 Å². The van der Waals surface area contributed by atoms with Crippen LogP contribution in [0, 0.1) is 5.92 Å². The molecule has 2 heterocycles. The maximum Gasteiger partial charge on any atom is 0.290 e. The molecule has 0 fully saturated rings.